The van der Waals surface area contributed by atoms with E-state index in [1.807, 2.05) is 17.5 Å². The van der Waals surface area contributed by atoms with E-state index in [1.54, 1.807) is 43.5 Å². The van der Waals surface area contributed by atoms with Crippen molar-refractivity contribution in [1.29, 1.82) is 0 Å². The first kappa shape index (κ1) is 18.2. The molecule has 1 N–H and O–H groups in total. The molecule has 2 aromatic carbocycles. The average Bonchev–Trinajstić information content (AvgIpc) is 3.23. The van der Waals surface area contributed by atoms with Gasteiger partial charge in [0, 0.05) is 10.6 Å². The van der Waals surface area contributed by atoms with E-state index in [1.165, 1.54) is 28.4 Å². The fraction of sp³-hybridized carbons (Fsp3) is 0.143. The van der Waals surface area contributed by atoms with Crippen molar-refractivity contribution in [2.24, 2.45) is 0 Å². The van der Waals surface area contributed by atoms with Gasteiger partial charge in [-0.1, -0.05) is 18.2 Å². The fourth-order valence-electron chi connectivity index (χ4n) is 3.39. The molecule has 4 rings (SSSR count). The molecule has 1 aromatic heterocycles. The molecule has 142 valence electrons. The largest absolute Gasteiger partial charge is 0.497 e. The van der Waals surface area contributed by atoms with Crippen LogP contribution in [0, 0.1) is 5.82 Å². The van der Waals surface area contributed by atoms with Gasteiger partial charge >= 0.3 is 0 Å². The number of carbonyl (C=O) groups is 2. The Kier molecular flexibility index (Phi) is 4.60. The summed E-state index contributed by atoms with van der Waals surface area (Å²) in [4.78, 5) is 28.1. The van der Waals surface area contributed by atoms with Crippen molar-refractivity contribution in [3.8, 4) is 5.75 Å². The summed E-state index contributed by atoms with van der Waals surface area (Å²) < 4.78 is 19.2. The highest BCUT2D eigenvalue weighted by molar-refractivity contribution is 7.10. The van der Waals surface area contributed by atoms with E-state index in [0.717, 1.165) is 4.88 Å². The third-order valence-electron chi connectivity index (χ3n) is 4.80. The molecular formula is C21H17FN2O3S. The van der Waals surface area contributed by atoms with E-state index in [-0.39, 0.29) is 18.0 Å². The van der Waals surface area contributed by atoms with Crippen LogP contribution in [-0.4, -0.2) is 18.9 Å². The molecule has 1 fully saturated rings. The number of anilines is 2. The summed E-state index contributed by atoms with van der Waals surface area (Å²) >= 11 is 1.38. The van der Waals surface area contributed by atoms with E-state index in [9.17, 15) is 14.0 Å². The number of β-lactam (4-membered cyclic amide) rings is 1. The number of para-hydroxylation sites is 1. The van der Waals surface area contributed by atoms with Gasteiger partial charge in [0.2, 0.25) is 5.91 Å². The second-order valence-electron chi connectivity index (χ2n) is 6.38. The minimum absolute atomic E-state index is 0.0137. The zero-order valence-electron chi connectivity index (χ0n) is 15.0. The lowest BCUT2D eigenvalue weighted by atomic mass is 9.80. The molecule has 1 aliphatic heterocycles. The van der Waals surface area contributed by atoms with Crippen molar-refractivity contribution in [2.75, 3.05) is 17.3 Å². The molecule has 1 unspecified atom stereocenters. The first-order valence-electron chi connectivity index (χ1n) is 8.63. The maximum absolute atomic E-state index is 14.1. The van der Waals surface area contributed by atoms with Crippen LogP contribution in [0.1, 0.15) is 11.3 Å². The number of carbonyl (C=O) groups excluding carboxylic acids is 2. The molecule has 0 aliphatic carbocycles. The molecule has 0 radical (unpaired) electrons. The van der Waals surface area contributed by atoms with Crippen LogP contribution in [0.15, 0.2) is 66.0 Å². The van der Waals surface area contributed by atoms with Crippen molar-refractivity contribution in [3.63, 3.8) is 0 Å². The number of benzene rings is 2. The summed E-state index contributed by atoms with van der Waals surface area (Å²) in [6.45, 7) is 0. The van der Waals surface area contributed by atoms with Crippen LogP contribution in [0.25, 0.3) is 0 Å². The highest BCUT2D eigenvalue weighted by Gasteiger charge is 2.59. The number of thiophene rings is 1. The Morgan fingerprint density at radius 2 is 1.89 bits per heavy atom. The summed E-state index contributed by atoms with van der Waals surface area (Å²) in [7, 11) is 1.56. The number of hydrogen-bond acceptors (Lipinski definition) is 4. The number of amides is 2. The number of hydrogen-bond donors (Lipinski definition) is 1. The second-order valence-corrected chi connectivity index (χ2v) is 7.32. The zero-order chi connectivity index (χ0) is 19.7. The molecule has 3 aromatic rings. The predicted molar refractivity (Wildman–Crippen MR) is 106 cm³/mol. The summed E-state index contributed by atoms with van der Waals surface area (Å²) in [5, 5.41) is 4.51. The van der Waals surface area contributed by atoms with Crippen LogP contribution in [-0.2, 0) is 15.1 Å². The molecule has 28 heavy (non-hydrogen) atoms. The Hall–Kier alpha value is -3.19. The normalized spacial score (nSPS) is 18.5. The predicted octanol–water partition coefficient (Wildman–Crippen LogP) is 4.17. The van der Waals surface area contributed by atoms with Crippen LogP contribution < -0.4 is 15.0 Å². The Morgan fingerprint density at radius 1 is 1.14 bits per heavy atom. The van der Waals surface area contributed by atoms with Gasteiger partial charge in [0.05, 0.1) is 19.2 Å². The lowest BCUT2D eigenvalue weighted by molar-refractivity contribution is -0.137. The smallest absolute Gasteiger partial charge is 0.256 e. The first-order chi connectivity index (χ1) is 13.6. The Morgan fingerprint density at radius 3 is 2.50 bits per heavy atom. The molecule has 0 saturated carbocycles. The quantitative estimate of drug-likeness (QED) is 0.659. The standard InChI is InChI=1S/C21H17FN2O3S/c1-27-15-10-8-14(9-11-15)24-19(25)13-21(24,18-7-4-12-28-18)20(26)23-17-6-3-2-5-16(17)22/h2-12H,13H2,1H3,(H,23,26). The third-order valence-corrected chi connectivity index (χ3v) is 5.82. The highest BCUT2D eigenvalue weighted by Crippen LogP contribution is 2.47. The average molecular weight is 396 g/mol. The van der Waals surface area contributed by atoms with Gasteiger partial charge in [-0.05, 0) is 47.8 Å². The Bertz CT molecular complexity index is 1020. The number of nitrogens with zero attached hydrogens (tertiary/aromatic N) is 1. The van der Waals surface area contributed by atoms with Crippen molar-refractivity contribution in [3.05, 3.63) is 76.7 Å². The van der Waals surface area contributed by atoms with E-state index in [0.29, 0.717) is 11.4 Å². The maximum atomic E-state index is 14.1. The summed E-state index contributed by atoms with van der Waals surface area (Å²) in [6.07, 6.45) is 0.0137. The van der Waals surface area contributed by atoms with Crippen LogP contribution in [0.5, 0.6) is 5.75 Å². The SMILES string of the molecule is COc1ccc(N2C(=O)CC2(C(=O)Nc2ccccc2F)c2cccs2)cc1. The van der Waals surface area contributed by atoms with Gasteiger partial charge in [0.15, 0.2) is 5.54 Å². The lowest BCUT2D eigenvalue weighted by Crippen LogP contribution is -2.67. The van der Waals surface area contributed by atoms with E-state index >= 15 is 0 Å². The second kappa shape index (κ2) is 7.09. The monoisotopic (exact) mass is 396 g/mol. The number of ether oxygens (including phenoxy) is 1. The highest BCUT2D eigenvalue weighted by atomic mass is 32.1. The summed E-state index contributed by atoms with van der Waals surface area (Å²) in [5.41, 5.74) is -0.561. The zero-order valence-corrected chi connectivity index (χ0v) is 15.8. The molecule has 1 atom stereocenters. The van der Waals surface area contributed by atoms with Crippen molar-refractivity contribution in [2.45, 2.75) is 12.0 Å². The fourth-order valence-corrected chi connectivity index (χ4v) is 4.30. The Labute approximate surface area is 165 Å². The first-order valence-corrected chi connectivity index (χ1v) is 9.51. The number of halogens is 1. The van der Waals surface area contributed by atoms with Crippen molar-refractivity contribution < 1.29 is 18.7 Å². The number of rotatable bonds is 5. The minimum atomic E-state index is -1.22. The van der Waals surface area contributed by atoms with E-state index in [4.69, 9.17) is 4.74 Å². The van der Waals surface area contributed by atoms with Gasteiger partial charge in [0.25, 0.3) is 5.91 Å². The lowest BCUT2D eigenvalue weighted by Gasteiger charge is -2.49. The van der Waals surface area contributed by atoms with Gasteiger partial charge < -0.3 is 10.1 Å². The molecule has 2 heterocycles. The van der Waals surface area contributed by atoms with Gasteiger partial charge in [-0.15, -0.1) is 11.3 Å². The van der Waals surface area contributed by atoms with Crippen LogP contribution in [0.3, 0.4) is 0 Å². The molecule has 0 bridgehead atoms. The molecule has 1 saturated heterocycles. The Balaban J connectivity index is 1.75. The van der Waals surface area contributed by atoms with E-state index in [2.05, 4.69) is 5.32 Å². The topological polar surface area (TPSA) is 58.6 Å². The maximum Gasteiger partial charge on any atom is 0.256 e. The molecule has 2 amide bonds. The number of nitrogens with one attached hydrogen (secondary N) is 1. The minimum Gasteiger partial charge on any atom is -0.497 e. The summed E-state index contributed by atoms with van der Waals surface area (Å²) in [5.74, 6) is -0.509. The number of methoxy groups -OCH3 is 1. The third kappa shape index (κ3) is 2.84. The molecule has 5 nitrogen and oxygen atoms in total. The van der Waals surface area contributed by atoms with Crippen molar-refractivity contribution in [1.82, 2.24) is 0 Å². The van der Waals surface area contributed by atoms with Gasteiger partial charge in [0.1, 0.15) is 11.6 Å². The molecule has 7 heteroatoms. The van der Waals surface area contributed by atoms with Crippen LogP contribution in [0.2, 0.25) is 0 Å². The van der Waals surface area contributed by atoms with Crippen LogP contribution >= 0.6 is 11.3 Å². The summed E-state index contributed by atoms with van der Waals surface area (Å²) in [6, 6.07) is 16.5. The van der Waals surface area contributed by atoms with Crippen LogP contribution in [0.4, 0.5) is 15.8 Å². The van der Waals surface area contributed by atoms with E-state index < -0.39 is 17.3 Å². The molecule has 1 aliphatic rings. The van der Waals surface area contributed by atoms with Gasteiger partial charge in [-0.3, -0.25) is 14.5 Å². The van der Waals surface area contributed by atoms with Gasteiger partial charge in [-0.25, -0.2) is 4.39 Å². The molecular weight excluding hydrogens is 379 g/mol. The van der Waals surface area contributed by atoms with Gasteiger partial charge in [-0.2, -0.15) is 0 Å². The van der Waals surface area contributed by atoms with Crippen molar-refractivity contribution >= 4 is 34.5 Å². The molecule has 0 spiro atoms.